The lowest BCUT2D eigenvalue weighted by Gasteiger charge is -2.36. The molecule has 2 aromatic carbocycles. The van der Waals surface area contributed by atoms with Gasteiger partial charge in [0.15, 0.2) is 5.82 Å². The Balaban J connectivity index is 1.47. The minimum absolute atomic E-state index is 0.0179. The Morgan fingerprint density at radius 2 is 1.71 bits per heavy atom. The molecule has 1 amide bonds. The van der Waals surface area contributed by atoms with Crippen LogP contribution in [-0.4, -0.2) is 47.0 Å². The number of para-hydroxylation sites is 3. The molecule has 1 aliphatic heterocycles. The Morgan fingerprint density at radius 3 is 2.46 bits per heavy atom. The number of hydrogen-bond acceptors (Lipinski definition) is 3. The quantitative estimate of drug-likeness (QED) is 0.790. The number of imidazole rings is 1. The van der Waals surface area contributed by atoms with Gasteiger partial charge in [0.1, 0.15) is 0 Å². The number of nitrogens with one attached hydrogen (secondary N) is 1. The number of aromatic amines is 1. The van der Waals surface area contributed by atoms with E-state index in [1.807, 2.05) is 29.2 Å². The maximum atomic E-state index is 12.7. The predicted octanol–water partition coefficient (Wildman–Crippen LogP) is 2.83. The van der Waals surface area contributed by atoms with Gasteiger partial charge in [-0.15, -0.1) is 0 Å². The van der Waals surface area contributed by atoms with Crippen LogP contribution in [0.15, 0.2) is 48.5 Å². The molecule has 0 aliphatic carbocycles. The van der Waals surface area contributed by atoms with Gasteiger partial charge in [-0.05, 0) is 30.7 Å². The predicted molar refractivity (Wildman–Crippen MR) is 95.4 cm³/mol. The summed E-state index contributed by atoms with van der Waals surface area (Å²) in [6.45, 7) is 5.24. The first-order valence-corrected chi connectivity index (χ1v) is 8.27. The van der Waals surface area contributed by atoms with Crippen LogP contribution in [0.1, 0.15) is 16.2 Å². The summed E-state index contributed by atoms with van der Waals surface area (Å²) < 4.78 is 0. The number of aryl methyl sites for hydroxylation is 1. The molecule has 3 aromatic rings. The van der Waals surface area contributed by atoms with Gasteiger partial charge >= 0.3 is 0 Å². The molecule has 1 saturated heterocycles. The number of carbonyl (C=O) groups excluding carboxylic acids is 1. The van der Waals surface area contributed by atoms with Crippen LogP contribution in [0.4, 0.5) is 5.69 Å². The molecule has 0 bridgehead atoms. The Hall–Kier alpha value is -2.82. The van der Waals surface area contributed by atoms with E-state index in [0.29, 0.717) is 18.9 Å². The second-order valence-electron chi connectivity index (χ2n) is 6.17. The molecule has 5 nitrogen and oxygen atoms in total. The van der Waals surface area contributed by atoms with Crippen molar-refractivity contribution in [1.29, 1.82) is 0 Å². The highest BCUT2D eigenvalue weighted by Crippen LogP contribution is 2.21. The highest BCUT2D eigenvalue weighted by atomic mass is 16.2. The largest absolute Gasteiger partial charge is 0.368 e. The maximum Gasteiger partial charge on any atom is 0.289 e. The van der Waals surface area contributed by atoms with Crippen molar-refractivity contribution in [3.63, 3.8) is 0 Å². The van der Waals surface area contributed by atoms with Gasteiger partial charge in [-0.3, -0.25) is 4.79 Å². The fraction of sp³-hybridized carbons (Fsp3) is 0.263. The molecule has 0 atom stereocenters. The van der Waals surface area contributed by atoms with Gasteiger partial charge in [-0.1, -0.05) is 30.3 Å². The lowest BCUT2D eigenvalue weighted by Crippen LogP contribution is -2.49. The first-order valence-electron chi connectivity index (χ1n) is 8.27. The lowest BCUT2D eigenvalue weighted by atomic mass is 10.1. The van der Waals surface area contributed by atoms with E-state index in [0.717, 1.165) is 24.1 Å². The van der Waals surface area contributed by atoms with Crippen LogP contribution in [-0.2, 0) is 0 Å². The molecule has 1 aromatic heterocycles. The van der Waals surface area contributed by atoms with E-state index < -0.39 is 0 Å². The number of amides is 1. The number of anilines is 1. The van der Waals surface area contributed by atoms with Crippen molar-refractivity contribution in [3.05, 3.63) is 59.9 Å². The summed E-state index contributed by atoms with van der Waals surface area (Å²) in [6.07, 6.45) is 0. The Morgan fingerprint density at radius 1 is 1.00 bits per heavy atom. The number of fused-ring (bicyclic) bond motifs is 1. The summed E-state index contributed by atoms with van der Waals surface area (Å²) in [5, 5.41) is 0. The number of carbonyl (C=O) groups is 1. The first kappa shape index (κ1) is 14.8. The minimum Gasteiger partial charge on any atom is -0.368 e. The molecule has 0 unspecified atom stereocenters. The Labute approximate surface area is 140 Å². The van der Waals surface area contributed by atoms with Crippen LogP contribution < -0.4 is 4.90 Å². The molecule has 1 N–H and O–H groups in total. The number of hydrogen-bond donors (Lipinski definition) is 1. The lowest BCUT2D eigenvalue weighted by molar-refractivity contribution is 0.0736. The number of piperazine rings is 1. The fourth-order valence-corrected chi connectivity index (χ4v) is 3.27. The zero-order valence-electron chi connectivity index (χ0n) is 13.7. The number of benzene rings is 2. The van der Waals surface area contributed by atoms with Gasteiger partial charge in [0.2, 0.25) is 0 Å². The highest BCUT2D eigenvalue weighted by Gasteiger charge is 2.24. The van der Waals surface area contributed by atoms with Crippen LogP contribution >= 0.6 is 0 Å². The third kappa shape index (κ3) is 2.62. The summed E-state index contributed by atoms with van der Waals surface area (Å²) in [4.78, 5) is 24.5. The number of nitrogens with zero attached hydrogens (tertiary/aromatic N) is 3. The molecular formula is C19H20N4O. The standard InChI is InChI=1S/C19H20N4O/c1-14-6-2-5-9-17(14)22-10-12-23(13-11-22)19(24)18-20-15-7-3-4-8-16(15)21-18/h2-9H,10-13H2,1H3,(H,20,21). The van der Waals surface area contributed by atoms with Gasteiger partial charge in [-0.2, -0.15) is 0 Å². The van der Waals surface area contributed by atoms with E-state index in [1.165, 1.54) is 11.3 Å². The van der Waals surface area contributed by atoms with Gasteiger partial charge in [0.25, 0.3) is 5.91 Å². The van der Waals surface area contributed by atoms with Crippen molar-refractivity contribution in [2.45, 2.75) is 6.92 Å². The van der Waals surface area contributed by atoms with Crippen molar-refractivity contribution < 1.29 is 4.79 Å². The van der Waals surface area contributed by atoms with Crippen LogP contribution in [0.5, 0.6) is 0 Å². The van der Waals surface area contributed by atoms with E-state index in [9.17, 15) is 4.79 Å². The second kappa shape index (κ2) is 6.00. The van der Waals surface area contributed by atoms with Gasteiger partial charge < -0.3 is 14.8 Å². The van der Waals surface area contributed by atoms with Crippen LogP contribution in [0, 0.1) is 6.92 Å². The molecule has 1 aliphatic rings. The molecule has 5 heteroatoms. The first-order chi connectivity index (χ1) is 11.7. The summed E-state index contributed by atoms with van der Waals surface area (Å²) in [7, 11) is 0. The average Bonchev–Trinajstić information content (AvgIpc) is 3.06. The van der Waals surface area contributed by atoms with E-state index in [2.05, 4.69) is 46.1 Å². The molecule has 0 saturated carbocycles. The molecule has 4 rings (SSSR count). The third-order valence-corrected chi connectivity index (χ3v) is 4.61. The summed E-state index contributed by atoms with van der Waals surface area (Å²) in [5.74, 6) is 0.413. The van der Waals surface area contributed by atoms with E-state index in [-0.39, 0.29) is 5.91 Å². The van der Waals surface area contributed by atoms with Crippen molar-refractivity contribution >= 4 is 22.6 Å². The SMILES string of the molecule is Cc1ccccc1N1CCN(C(=O)c2nc3ccccc3[nH]2)CC1. The number of aromatic nitrogens is 2. The van der Waals surface area contributed by atoms with Crippen molar-refractivity contribution in [2.75, 3.05) is 31.1 Å². The summed E-state index contributed by atoms with van der Waals surface area (Å²) >= 11 is 0. The van der Waals surface area contributed by atoms with E-state index in [1.54, 1.807) is 0 Å². The van der Waals surface area contributed by atoms with Gasteiger partial charge in [0.05, 0.1) is 11.0 Å². The van der Waals surface area contributed by atoms with Crippen molar-refractivity contribution in [3.8, 4) is 0 Å². The highest BCUT2D eigenvalue weighted by molar-refractivity contribution is 5.94. The molecular weight excluding hydrogens is 300 g/mol. The molecule has 2 heterocycles. The Kier molecular flexibility index (Phi) is 3.69. The minimum atomic E-state index is -0.0179. The summed E-state index contributed by atoms with van der Waals surface area (Å²) in [5.41, 5.74) is 4.27. The number of H-pyrrole nitrogens is 1. The smallest absolute Gasteiger partial charge is 0.289 e. The zero-order valence-corrected chi connectivity index (χ0v) is 13.7. The topological polar surface area (TPSA) is 52.2 Å². The van der Waals surface area contributed by atoms with Crippen LogP contribution in [0.2, 0.25) is 0 Å². The molecule has 0 spiro atoms. The molecule has 122 valence electrons. The zero-order chi connectivity index (χ0) is 16.5. The molecule has 0 radical (unpaired) electrons. The van der Waals surface area contributed by atoms with Gasteiger partial charge in [-0.25, -0.2) is 4.98 Å². The monoisotopic (exact) mass is 320 g/mol. The van der Waals surface area contributed by atoms with E-state index >= 15 is 0 Å². The fourth-order valence-electron chi connectivity index (χ4n) is 3.27. The Bertz CT molecular complexity index is 845. The second-order valence-corrected chi connectivity index (χ2v) is 6.17. The van der Waals surface area contributed by atoms with Crippen molar-refractivity contribution in [2.24, 2.45) is 0 Å². The average molecular weight is 320 g/mol. The summed E-state index contributed by atoms with van der Waals surface area (Å²) in [6, 6.07) is 16.1. The number of rotatable bonds is 2. The molecule has 1 fully saturated rings. The van der Waals surface area contributed by atoms with Gasteiger partial charge in [0, 0.05) is 31.9 Å². The van der Waals surface area contributed by atoms with E-state index in [4.69, 9.17) is 0 Å². The van der Waals surface area contributed by atoms with Crippen LogP contribution in [0.25, 0.3) is 11.0 Å². The third-order valence-electron chi connectivity index (χ3n) is 4.61. The van der Waals surface area contributed by atoms with Crippen LogP contribution in [0.3, 0.4) is 0 Å². The molecule has 24 heavy (non-hydrogen) atoms. The van der Waals surface area contributed by atoms with Crippen molar-refractivity contribution in [1.82, 2.24) is 14.9 Å². The maximum absolute atomic E-state index is 12.7. The normalized spacial score (nSPS) is 15.0.